The molecule has 15 heavy (non-hydrogen) atoms. The van der Waals surface area contributed by atoms with Crippen LogP contribution in [0.15, 0.2) is 0 Å². The molecule has 5 nitrogen and oxygen atoms in total. The Morgan fingerprint density at radius 3 is 2.40 bits per heavy atom. The van der Waals surface area contributed by atoms with Crippen LogP contribution in [0.1, 0.15) is 26.7 Å². The smallest absolute Gasteiger partial charge is 0.326 e. The second-order valence-corrected chi connectivity index (χ2v) is 4.28. The minimum atomic E-state index is -0.982. The molecule has 1 atom stereocenters. The summed E-state index contributed by atoms with van der Waals surface area (Å²) in [4.78, 5) is 22.1. The van der Waals surface area contributed by atoms with Crippen molar-refractivity contribution in [2.75, 3.05) is 6.54 Å². The Labute approximate surface area is 89.2 Å². The molecule has 3 N–H and O–H groups in total. The summed E-state index contributed by atoms with van der Waals surface area (Å²) in [6, 6.07) is -0.336. The molecule has 0 aromatic carbocycles. The Balaban J connectivity index is 2.28. The van der Waals surface area contributed by atoms with Crippen LogP contribution in [0.4, 0.5) is 0 Å². The predicted molar refractivity (Wildman–Crippen MR) is 55.4 cm³/mol. The van der Waals surface area contributed by atoms with Crippen molar-refractivity contribution in [2.24, 2.45) is 5.92 Å². The molecular weight excluding hydrogens is 196 g/mol. The summed E-state index contributed by atoms with van der Waals surface area (Å²) in [5.74, 6) is -1.33. The first kappa shape index (κ1) is 12.0. The summed E-state index contributed by atoms with van der Waals surface area (Å²) in [6.07, 6.45) is 2.22. The van der Waals surface area contributed by atoms with Crippen LogP contribution in [0, 0.1) is 5.92 Å². The van der Waals surface area contributed by atoms with Gasteiger partial charge in [-0.2, -0.15) is 0 Å². The molecule has 1 aliphatic rings. The normalized spacial score (nSPS) is 17.5. The number of rotatable bonds is 6. The van der Waals surface area contributed by atoms with Crippen LogP contribution >= 0.6 is 0 Å². The molecule has 0 heterocycles. The van der Waals surface area contributed by atoms with Gasteiger partial charge in [-0.05, 0) is 18.8 Å². The van der Waals surface area contributed by atoms with Crippen molar-refractivity contribution in [3.05, 3.63) is 0 Å². The lowest BCUT2D eigenvalue weighted by Gasteiger charge is -2.17. The van der Waals surface area contributed by atoms with Crippen molar-refractivity contribution >= 4 is 11.9 Å². The molecule has 0 aromatic heterocycles. The van der Waals surface area contributed by atoms with Crippen molar-refractivity contribution < 1.29 is 14.7 Å². The van der Waals surface area contributed by atoms with Gasteiger partial charge in [0.2, 0.25) is 5.91 Å². The maximum absolute atomic E-state index is 11.4. The van der Waals surface area contributed by atoms with E-state index >= 15 is 0 Å². The van der Waals surface area contributed by atoms with Gasteiger partial charge in [-0.3, -0.25) is 4.79 Å². The number of carbonyl (C=O) groups is 2. The molecule has 1 amide bonds. The zero-order chi connectivity index (χ0) is 11.4. The van der Waals surface area contributed by atoms with Crippen molar-refractivity contribution in [3.8, 4) is 0 Å². The van der Waals surface area contributed by atoms with E-state index in [0.29, 0.717) is 6.04 Å². The Kier molecular flexibility index (Phi) is 4.08. The van der Waals surface area contributed by atoms with Gasteiger partial charge in [0.05, 0.1) is 6.54 Å². The minimum Gasteiger partial charge on any atom is -0.480 e. The van der Waals surface area contributed by atoms with E-state index in [2.05, 4.69) is 10.6 Å². The fraction of sp³-hybridized carbons (Fsp3) is 0.800. The first-order chi connectivity index (χ1) is 7.00. The number of carboxylic acid groups (broad SMARTS) is 1. The first-order valence-corrected chi connectivity index (χ1v) is 5.26. The average molecular weight is 214 g/mol. The van der Waals surface area contributed by atoms with E-state index in [-0.39, 0.29) is 18.4 Å². The molecule has 0 aromatic rings. The van der Waals surface area contributed by atoms with Crippen LogP contribution in [0.2, 0.25) is 0 Å². The lowest BCUT2D eigenvalue weighted by Crippen LogP contribution is -2.47. The standard InChI is InChI=1S/C10H18N2O3/c1-6(2)9(10(14)15)12-8(13)5-11-7-3-4-7/h6-7,9,11H,3-5H2,1-2H3,(H,12,13)(H,14,15). The van der Waals surface area contributed by atoms with Crippen LogP contribution in [0.25, 0.3) is 0 Å². The molecule has 1 saturated carbocycles. The number of aliphatic carboxylic acids is 1. The van der Waals surface area contributed by atoms with Crippen molar-refractivity contribution in [1.82, 2.24) is 10.6 Å². The third kappa shape index (κ3) is 4.29. The highest BCUT2D eigenvalue weighted by molar-refractivity contribution is 5.84. The van der Waals surface area contributed by atoms with E-state index in [9.17, 15) is 9.59 Å². The molecule has 0 radical (unpaired) electrons. The molecule has 1 aliphatic carbocycles. The number of hydrogen-bond acceptors (Lipinski definition) is 3. The molecule has 1 unspecified atom stereocenters. The molecule has 1 rings (SSSR count). The molecule has 0 spiro atoms. The largest absolute Gasteiger partial charge is 0.480 e. The quantitative estimate of drug-likeness (QED) is 0.580. The van der Waals surface area contributed by atoms with Crippen LogP contribution in [0.3, 0.4) is 0 Å². The minimum absolute atomic E-state index is 0.104. The van der Waals surface area contributed by atoms with Gasteiger partial charge in [-0.1, -0.05) is 13.8 Å². The van der Waals surface area contributed by atoms with E-state index in [1.807, 2.05) is 0 Å². The van der Waals surface area contributed by atoms with Gasteiger partial charge in [0.15, 0.2) is 0 Å². The van der Waals surface area contributed by atoms with Crippen LogP contribution in [-0.4, -0.2) is 35.6 Å². The third-order valence-electron chi connectivity index (χ3n) is 2.38. The number of nitrogens with one attached hydrogen (secondary N) is 2. The molecule has 0 bridgehead atoms. The second kappa shape index (κ2) is 5.11. The van der Waals surface area contributed by atoms with Gasteiger partial charge >= 0.3 is 5.97 Å². The monoisotopic (exact) mass is 214 g/mol. The zero-order valence-electron chi connectivity index (χ0n) is 9.12. The number of carboxylic acids is 1. The summed E-state index contributed by atoms with van der Waals surface area (Å²) in [5.41, 5.74) is 0. The van der Waals surface area contributed by atoms with Gasteiger partial charge in [0.1, 0.15) is 6.04 Å². The summed E-state index contributed by atoms with van der Waals surface area (Å²) < 4.78 is 0. The first-order valence-electron chi connectivity index (χ1n) is 5.26. The number of amides is 1. The lowest BCUT2D eigenvalue weighted by molar-refractivity contribution is -0.142. The van der Waals surface area contributed by atoms with Crippen molar-refractivity contribution in [1.29, 1.82) is 0 Å². The Morgan fingerprint density at radius 2 is 2.00 bits per heavy atom. The van der Waals surface area contributed by atoms with Gasteiger partial charge in [-0.15, -0.1) is 0 Å². The third-order valence-corrected chi connectivity index (χ3v) is 2.38. The van der Waals surface area contributed by atoms with E-state index < -0.39 is 12.0 Å². The fourth-order valence-corrected chi connectivity index (χ4v) is 1.26. The maximum atomic E-state index is 11.4. The highest BCUT2D eigenvalue weighted by Gasteiger charge is 2.25. The topological polar surface area (TPSA) is 78.4 Å². The van der Waals surface area contributed by atoms with Crippen molar-refractivity contribution in [2.45, 2.75) is 38.8 Å². The zero-order valence-corrected chi connectivity index (χ0v) is 9.12. The van der Waals surface area contributed by atoms with Crippen LogP contribution in [0.5, 0.6) is 0 Å². The Hall–Kier alpha value is -1.10. The van der Waals surface area contributed by atoms with E-state index in [0.717, 1.165) is 12.8 Å². The SMILES string of the molecule is CC(C)C(NC(=O)CNC1CC1)C(=O)O. The van der Waals surface area contributed by atoms with Gasteiger partial charge in [-0.25, -0.2) is 4.79 Å². The van der Waals surface area contributed by atoms with E-state index in [1.165, 1.54) is 0 Å². The highest BCUT2D eigenvalue weighted by atomic mass is 16.4. The van der Waals surface area contributed by atoms with Gasteiger partial charge in [0, 0.05) is 6.04 Å². The average Bonchev–Trinajstić information content (AvgIpc) is 2.93. The second-order valence-electron chi connectivity index (χ2n) is 4.28. The summed E-state index contributed by atoms with van der Waals surface area (Å²) >= 11 is 0. The maximum Gasteiger partial charge on any atom is 0.326 e. The summed E-state index contributed by atoms with van der Waals surface area (Å²) in [7, 11) is 0. The molecule has 0 saturated heterocycles. The van der Waals surface area contributed by atoms with E-state index in [4.69, 9.17) is 5.11 Å². The molecule has 5 heteroatoms. The van der Waals surface area contributed by atoms with E-state index in [1.54, 1.807) is 13.8 Å². The van der Waals surface area contributed by atoms with Crippen molar-refractivity contribution in [3.63, 3.8) is 0 Å². The van der Waals surface area contributed by atoms with Crippen LogP contribution < -0.4 is 10.6 Å². The summed E-state index contributed by atoms with van der Waals surface area (Å²) in [5, 5.41) is 14.4. The molecule has 86 valence electrons. The fourth-order valence-electron chi connectivity index (χ4n) is 1.26. The number of hydrogen-bond donors (Lipinski definition) is 3. The molecule has 0 aliphatic heterocycles. The molecular formula is C10H18N2O3. The van der Waals surface area contributed by atoms with Crippen LogP contribution in [-0.2, 0) is 9.59 Å². The Bertz CT molecular complexity index is 249. The molecule has 1 fully saturated rings. The number of carbonyl (C=O) groups excluding carboxylic acids is 1. The Morgan fingerprint density at radius 1 is 1.40 bits per heavy atom. The van der Waals surface area contributed by atoms with Gasteiger partial charge in [0.25, 0.3) is 0 Å². The lowest BCUT2D eigenvalue weighted by atomic mass is 10.1. The summed E-state index contributed by atoms with van der Waals surface area (Å²) in [6.45, 7) is 3.75. The van der Waals surface area contributed by atoms with Gasteiger partial charge < -0.3 is 15.7 Å². The highest BCUT2D eigenvalue weighted by Crippen LogP contribution is 2.17. The predicted octanol–water partition coefficient (Wildman–Crippen LogP) is -0.0362.